The summed E-state index contributed by atoms with van der Waals surface area (Å²) < 4.78 is 51.6. The van der Waals surface area contributed by atoms with E-state index in [-0.39, 0.29) is 29.7 Å². The van der Waals surface area contributed by atoms with Crippen LogP contribution in [0.1, 0.15) is 66.8 Å². The zero-order chi connectivity index (χ0) is 32.7. The Labute approximate surface area is 250 Å². The van der Waals surface area contributed by atoms with Gasteiger partial charge in [-0.25, -0.2) is 19.4 Å². The second-order valence-corrected chi connectivity index (χ2v) is 12.8. The lowest BCUT2D eigenvalue weighted by molar-refractivity contribution is -0.150. The molecular weight excluding hydrogens is 593 g/mol. The number of hydrogen-bond acceptors (Lipinski definition) is 15. The number of rotatable bonds is 15. The second kappa shape index (κ2) is 15.3. The van der Waals surface area contributed by atoms with Crippen molar-refractivity contribution >= 4 is 31.6 Å². The van der Waals surface area contributed by atoms with E-state index in [2.05, 4.69) is 10.1 Å². The molecule has 1 aliphatic heterocycles. The maximum Gasteiger partial charge on any atom is 0.510 e. The fourth-order valence-corrected chi connectivity index (χ4v) is 5.39. The summed E-state index contributed by atoms with van der Waals surface area (Å²) in [5, 5.41) is 32.4. The molecule has 246 valence electrons. The zero-order valence-electron chi connectivity index (χ0n) is 25.6. The lowest BCUT2D eigenvalue weighted by atomic mass is 9.96. The predicted octanol–water partition coefficient (Wildman–Crippen LogP) is 2.06. The number of methoxy groups -OCH3 is 1. The summed E-state index contributed by atoms with van der Waals surface area (Å²) in [5.41, 5.74) is 4.11. The number of nitrogen functional groups attached to an aromatic ring is 1. The highest BCUT2D eigenvalue weighted by atomic mass is 31.2. The van der Waals surface area contributed by atoms with Gasteiger partial charge >= 0.3 is 19.9 Å². The average molecular weight is 638 g/mol. The summed E-state index contributed by atoms with van der Waals surface area (Å²) in [6.07, 6.45) is -4.88. The Hall–Kier alpha value is -2.79. The summed E-state index contributed by atoms with van der Waals surface area (Å²) in [6.45, 7) is 9.96. The van der Waals surface area contributed by atoms with Crippen molar-refractivity contribution in [3.05, 3.63) is 12.0 Å². The van der Waals surface area contributed by atoms with Crippen LogP contribution in [-0.4, -0.2) is 94.4 Å². The molecule has 1 saturated heterocycles. The van der Waals surface area contributed by atoms with Crippen molar-refractivity contribution in [2.75, 3.05) is 26.2 Å². The fourth-order valence-electron chi connectivity index (χ4n) is 4.04. The van der Waals surface area contributed by atoms with E-state index in [1.165, 1.54) is 24.9 Å². The molecule has 6 N–H and O–H groups in total. The Morgan fingerprint density at radius 2 is 1.84 bits per heavy atom. The summed E-state index contributed by atoms with van der Waals surface area (Å²) >= 11 is 0. The Bertz CT molecular complexity index is 1160. The molecule has 1 fully saturated rings. The normalized spacial score (nSPS) is 24.2. The molecule has 1 aromatic rings. The van der Waals surface area contributed by atoms with Crippen molar-refractivity contribution in [1.29, 1.82) is 5.41 Å². The number of hydrogen-bond donors (Lipinski definition) is 5. The van der Waals surface area contributed by atoms with Crippen LogP contribution in [-0.2, 0) is 42.1 Å². The van der Waals surface area contributed by atoms with Crippen molar-refractivity contribution in [3.8, 4) is 0 Å². The lowest BCUT2D eigenvalue weighted by Gasteiger charge is -2.28. The molecule has 0 aliphatic carbocycles. The molecule has 0 saturated carbocycles. The molecule has 0 amide bonds. The van der Waals surface area contributed by atoms with Gasteiger partial charge in [0.05, 0.1) is 32.3 Å². The highest BCUT2D eigenvalue weighted by Crippen LogP contribution is 2.47. The number of nitrogens with two attached hydrogens (primary N) is 1. The van der Waals surface area contributed by atoms with Crippen LogP contribution < -0.4 is 10.8 Å². The summed E-state index contributed by atoms with van der Waals surface area (Å²) in [5.74, 6) is -1.18. The van der Waals surface area contributed by atoms with Crippen LogP contribution in [0.3, 0.4) is 0 Å². The van der Waals surface area contributed by atoms with Crippen LogP contribution in [0.5, 0.6) is 0 Å². The third kappa shape index (κ3) is 9.86. The topological polar surface area (TPSA) is 236 Å². The summed E-state index contributed by atoms with van der Waals surface area (Å²) in [7, 11) is -3.23. The molecule has 0 aromatic carbocycles. The number of nitrogens with zero attached hydrogens (tertiary/aromatic N) is 2. The largest absolute Gasteiger partial charge is 0.510 e. The molecule has 6 unspecified atom stereocenters. The van der Waals surface area contributed by atoms with Gasteiger partial charge < -0.3 is 39.6 Å². The number of anilines is 1. The van der Waals surface area contributed by atoms with Crippen molar-refractivity contribution in [3.63, 3.8) is 0 Å². The average Bonchev–Trinajstić information content (AvgIpc) is 3.36. The van der Waals surface area contributed by atoms with Crippen LogP contribution in [0, 0.1) is 11.3 Å². The summed E-state index contributed by atoms with van der Waals surface area (Å²) in [6, 6.07) is -1.15. The van der Waals surface area contributed by atoms with Gasteiger partial charge in [-0.1, -0.05) is 13.8 Å². The SMILES string of the molecule is COC(=N)c1ncn(C2OC(COP(=O)(NC(CC(C)C)C(=O)OC(C)C)OCOC(=O)OC(C)C)C(O)C2(C)O)c1N. The number of esters is 1. The number of carbonyl (C=O) groups is 2. The van der Waals surface area contributed by atoms with Gasteiger partial charge in [0.25, 0.3) is 0 Å². The number of nitrogens with one attached hydrogen (secondary N) is 2. The first kappa shape index (κ1) is 36.4. The Morgan fingerprint density at radius 3 is 2.40 bits per heavy atom. The number of ether oxygens (including phenoxy) is 5. The lowest BCUT2D eigenvalue weighted by Crippen LogP contribution is -2.44. The molecule has 2 heterocycles. The molecule has 1 aliphatic rings. The van der Waals surface area contributed by atoms with E-state index >= 15 is 0 Å². The molecule has 0 spiro atoms. The van der Waals surface area contributed by atoms with Gasteiger partial charge in [-0.05, 0) is 47.0 Å². The van der Waals surface area contributed by atoms with Crippen LogP contribution in [0.4, 0.5) is 10.6 Å². The summed E-state index contributed by atoms with van der Waals surface area (Å²) in [4.78, 5) is 28.6. The molecule has 43 heavy (non-hydrogen) atoms. The highest BCUT2D eigenvalue weighted by molar-refractivity contribution is 7.51. The van der Waals surface area contributed by atoms with E-state index in [1.54, 1.807) is 27.7 Å². The molecule has 0 radical (unpaired) electrons. The standard InChI is InChI=1S/C25H44N5O12P/c1-13(2)9-16(22(32)40-14(3)4)29-43(35,39-12-37-24(33)41-15(5)6)38-10-17-19(31)25(7,34)23(42-17)30-11-28-18(20(30)26)21(27)36-8/h11,13-17,19,23,27,31,34H,9-10,12,26H2,1-8H3,(H,29,35). The van der Waals surface area contributed by atoms with Gasteiger partial charge in [0.2, 0.25) is 12.7 Å². The third-order valence-corrected chi connectivity index (χ3v) is 7.62. The predicted molar refractivity (Wildman–Crippen MR) is 151 cm³/mol. The quantitative estimate of drug-likeness (QED) is 0.0608. The van der Waals surface area contributed by atoms with Crippen molar-refractivity contribution in [1.82, 2.24) is 14.6 Å². The van der Waals surface area contributed by atoms with Gasteiger partial charge in [-0.2, -0.15) is 0 Å². The molecule has 1 aromatic heterocycles. The van der Waals surface area contributed by atoms with Gasteiger partial charge in [-0.15, -0.1) is 0 Å². The third-order valence-electron chi connectivity index (χ3n) is 6.06. The van der Waals surface area contributed by atoms with Crippen LogP contribution >= 0.6 is 7.75 Å². The first-order valence-corrected chi connectivity index (χ1v) is 15.2. The molecule has 0 bridgehead atoms. The highest BCUT2D eigenvalue weighted by Gasteiger charge is 2.54. The number of imidazole rings is 1. The van der Waals surface area contributed by atoms with E-state index in [0.717, 1.165) is 0 Å². The van der Waals surface area contributed by atoms with Gasteiger partial charge in [0, 0.05) is 0 Å². The minimum atomic E-state index is -4.50. The van der Waals surface area contributed by atoms with Crippen LogP contribution in [0.2, 0.25) is 0 Å². The maximum atomic E-state index is 13.9. The van der Waals surface area contributed by atoms with Crippen LogP contribution in [0.25, 0.3) is 0 Å². The van der Waals surface area contributed by atoms with E-state index in [9.17, 15) is 24.4 Å². The molecule has 17 nitrogen and oxygen atoms in total. The number of carbonyl (C=O) groups excluding carboxylic acids is 2. The zero-order valence-corrected chi connectivity index (χ0v) is 26.5. The Morgan fingerprint density at radius 1 is 1.21 bits per heavy atom. The number of aliphatic hydroxyl groups excluding tert-OH is 1. The first-order chi connectivity index (χ1) is 19.9. The molecule has 6 atom stereocenters. The Kier molecular flexibility index (Phi) is 12.9. The Balaban J connectivity index is 2.28. The van der Waals surface area contributed by atoms with E-state index in [0.29, 0.717) is 0 Å². The minimum Gasteiger partial charge on any atom is -0.480 e. The second-order valence-electron chi connectivity index (χ2n) is 11.0. The molecule has 18 heteroatoms. The first-order valence-electron chi connectivity index (χ1n) is 13.6. The van der Waals surface area contributed by atoms with Crippen molar-refractivity contribution < 1.29 is 57.1 Å². The number of aliphatic hydroxyl groups is 2. The van der Waals surface area contributed by atoms with E-state index in [1.807, 2.05) is 13.8 Å². The van der Waals surface area contributed by atoms with Gasteiger partial charge in [0.1, 0.15) is 29.7 Å². The van der Waals surface area contributed by atoms with Gasteiger partial charge in [0.15, 0.2) is 11.9 Å². The fraction of sp³-hybridized carbons (Fsp3) is 0.760. The number of aromatic nitrogens is 2. The monoisotopic (exact) mass is 637 g/mol. The minimum absolute atomic E-state index is 0.0151. The van der Waals surface area contributed by atoms with Crippen molar-refractivity contribution in [2.24, 2.45) is 5.92 Å². The van der Waals surface area contributed by atoms with Crippen LogP contribution in [0.15, 0.2) is 6.33 Å². The van der Waals surface area contributed by atoms with Crippen molar-refractivity contribution in [2.45, 2.75) is 97.2 Å². The smallest absolute Gasteiger partial charge is 0.480 e. The molecule has 2 rings (SSSR count). The maximum absolute atomic E-state index is 13.9. The van der Waals surface area contributed by atoms with E-state index < -0.39 is 75.6 Å². The molecular formula is C25H44N5O12P. The van der Waals surface area contributed by atoms with E-state index in [4.69, 9.17) is 43.9 Å². The van der Waals surface area contributed by atoms with Gasteiger partial charge in [-0.3, -0.25) is 23.8 Å².